The van der Waals surface area contributed by atoms with Crippen molar-refractivity contribution in [2.75, 3.05) is 13.1 Å². The molecule has 0 radical (unpaired) electrons. The standard InChI is InChI=1S/C16H20N2OS/c19-13(8-7-12-4-3-9-17-11-12)10-16-18-14-5-1-2-6-15(14)20-16/h1-2,5-6,12,17H,3-4,7-11H2. The average Bonchev–Trinajstić information content (AvgIpc) is 2.88. The van der Waals surface area contributed by atoms with Gasteiger partial charge in [0.2, 0.25) is 0 Å². The number of piperidine rings is 1. The molecule has 2 heterocycles. The van der Waals surface area contributed by atoms with Gasteiger partial charge >= 0.3 is 0 Å². The van der Waals surface area contributed by atoms with Crippen LogP contribution in [-0.2, 0) is 11.2 Å². The van der Waals surface area contributed by atoms with Gasteiger partial charge in [0.15, 0.2) is 0 Å². The summed E-state index contributed by atoms with van der Waals surface area (Å²) in [6.45, 7) is 2.21. The third kappa shape index (κ3) is 3.44. The lowest BCUT2D eigenvalue weighted by molar-refractivity contribution is -0.118. The molecule has 1 N–H and O–H groups in total. The summed E-state index contributed by atoms with van der Waals surface area (Å²) >= 11 is 1.64. The number of hydrogen-bond acceptors (Lipinski definition) is 4. The van der Waals surface area contributed by atoms with Gasteiger partial charge in [-0.3, -0.25) is 4.79 Å². The minimum atomic E-state index is 0.328. The highest BCUT2D eigenvalue weighted by Crippen LogP contribution is 2.23. The number of para-hydroxylation sites is 1. The predicted molar refractivity (Wildman–Crippen MR) is 83.2 cm³/mol. The van der Waals surface area contributed by atoms with E-state index in [4.69, 9.17) is 0 Å². The van der Waals surface area contributed by atoms with Crippen LogP contribution in [0.1, 0.15) is 30.7 Å². The Labute approximate surface area is 123 Å². The zero-order chi connectivity index (χ0) is 13.8. The van der Waals surface area contributed by atoms with Gasteiger partial charge in [-0.15, -0.1) is 11.3 Å². The normalized spacial score (nSPS) is 19.3. The van der Waals surface area contributed by atoms with Crippen LogP contribution in [0.15, 0.2) is 24.3 Å². The number of benzene rings is 1. The average molecular weight is 288 g/mol. The molecule has 1 unspecified atom stereocenters. The number of carbonyl (C=O) groups excluding carboxylic acids is 1. The van der Waals surface area contributed by atoms with Gasteiger partial charge in [0.1, 0.15) is 10.8 Å². The van der Waals surface area contributed by atoms with E-state index >= 15 is 0 Å². The first-order valence-corrected chi connectivity index (χ1v) is 8.20. The van der Waals surface area contributed by atoms with Crippen LogP contribution in [0.5, 0.6) is 0 Å². The molecular formula is C16H20N2OS. The number of aromatic nitrogens is 1. The van der Waals surface area contributed by atoms with Gasteiger partial charge in [-0.25, -0.2) is 4.98 Å². The summed E-state index contributed by atoms with van der Waals surface area (Å²) in [6, 6.07) is 8.08. The molecule has 0 spiro atoms. The molecule has 1 aromatic heterocycles. The monoisotopic (exact) mass is 288 g/mol. The van der Waals surface area contributed by atoms with Crippen LogP contribution in [0.4, 0.5) is 0 Å². The highest BCUT2D eigenvalue weighted by atomic mass is 32.1. The molecule has 20 heavy (non-hydrogen) atoms. The minimum absolute atomic E-state index is 0.328. The Balaban J connectivity index is 1.52. The van der Waals surface area contributed by atoms with Crippen LogP contribution >= 0.6 is 11.3 Å². The van der Waals surface area contributed by atoms with Gasteiger partial charge in [-0.05, 0) is 50.4 Å². The first-order chi connectivity index (χ1) is 9.81. The molecule has 1 atom stereocenters. The maximum Gasteiger partial charge on any atom is 0.139 e. The van der Waals surface area contributed by atoms with Crippen molar-refractivity contribution in [2.24, 2.45) is 5.92 Å². The van der Waals surface area contributed by atoms with Crippen LogP contribution < -0.4 is 5.32 Å². The van der Waals surface area contributed by atoms with Gasteiger partial charge in [0.05, 0.1) is 16.6 Å². The van der Waals surface area contributed by atoms with Gasteiger partial charge < -0.3 is 5.32 Å². The Morgan fingerprint density at radius 3 is 3.10 bits per heavy atom. The van der Waals surface area contributed by atoms with E-state index in [-0.39, 0.29) is 0 Å². The fourth-order valence-electron chi connectivity index (χ4n) is 2.79. The molecule has 1 aliphatic rings. The van der Waals surface area contributed by atoms with Crippen molar-refractivity contribution in [1.29, 1.82) is 0 Å². The maximum absolute atomic E-state index is 12.1. The molecule has 3 nitrogen and oxygen atoms in total. The van der Waals surface area contributed by atoms with Gasteiger partial charge in [0.25, 0.3) is 0 Å². The Bertz CT molecular complexity index is 554. The SMILES string of the molecule is O=C(CCC1CCCNC1)Cc1nc2ccccc2s1. The zero-order valence-corrected chi connectivity index (χ0v) is 12.4. The Morgan fingerprint density at radius 2 is 2.30 bits per heavy atom. The molecule has 1 aliphatic heterocycles. The Hall–Kier alpha value is -1.26. The second kappa shape index (κ2) is 6.46. The summed E-state index contributed by atoms with van der Waals surface area (Å²) in [5, 5.41) is 4.36. The number of rotatable bonds is 5. The van der Waals surface area contributed by atoms with Crippen molar-refractivity contribution in [2.45, 2.75) is 32.1 Å². The zero-order valence-electron chi connectivity index (χ0n) is 11.6. The molecule has 0 amide bonds. The van der Waals surface area contributed by atoms with Gasteiger partial charge in [0, 0.05) is 6.42 Å². The number of carbonyl (C=O) groups is 1. The third-order valence-electron chi connectivity index (χ3n) is 3.92. The highest BCUT2D eigenvalue weighted by molar-refractivity contribution is 7.18. The van der Waals surface area contributed by atoms with Gasteiger partial charge in [-0.2, -0.15) is 0 Å². The fraction of sp³-hybridized carbons (Fsp3) is 0.500. The van der Waals surface area contributed by atoms with Crippen LogP contribution in [-0.4, -0.2) is 23.9 Å². The lowest BCUT2D eigenvalue weighted by Crippen LogP contribution is -2.30. The summed E-state index contributed by atoms with van der Waals surface area (Å²) in [6.07, 6.45) is 4.73. The van der Waals surface area contributed by atoms with Crippen molar-refractivity contribution in [3.63, 3.8) is 0 Å². The van der Waals surface area contributed by atoms with E-state index in [9.17, 15) is 4.79 Å². The van der Waals surface area contributed by atoms with E-state index in [1.165, 1.54) is 17.5 Å². The molecular weight excluding hydrogens is 268 g/mol. The summed E-state index contributed by atoms with van der Waals surface area (Å²) in [5.74, 6) is 1.01. The van der Waals surface area contributed by atoms with Crippen molar-refractivity contribution in [3.05, 3.63) is 29.3 Å². The van der Waals surface area contributed by atoms with E-state index < -0.39 is 0 Å². The molecule has 1 saturated heterocycles. The molecule has 3 rings (SSSR count). The molecule has 1 fully saturated rings. The number of ketones is 1. The van der Waals surface area contributed by atoms with Crippen LogP contribution in [0.3, 0.4) is 0 Å². The number of fused-ring (bicyclic) bond motifs is 1. The molecule has 2 aromatic rings. The Morgan fingerprint density at radius 1 is 1.40 bits per heavy atom. The number of thiazole rings is 1. The number of hydrogen-bond donors (Lipinski definition) is 1. The minimum Gasteiger partial charge on any atom is -0.316 e. The summed E-state index contributed by atoms with van der Waals surface area (Å²) < 4.78 is 1.17. The smallest absolute Gasteiger partial charge is 0.139 e. The first kappa shape index (κ1) is 13.7. The van der Waals surface area contributed by atoms with E-state index in [0.29, 0.717) is 24.5 Å². The Kier molecular flexibility index (Phi) is 4.43. The predicted octanol–water partition coefficient (Wildman–Crippen LogP) is 3.19. The molecule has 106 valence electrons. The molecule has 0 bridgehead atoms. The second-order valence-corrected chi connectivity index (χ2v) is 6.66. The summed E-state index contributed by atoms with van der Waals surface area (Å²) in [4.78, 5) is 16.6. The maximum atomic E-state index is 12.1. The van der Waals surface area contributed by atoms with E-state index in [0.717, 1.165) is 30.0 Å². The molecule has 0 saturated carbocycles. The van der Waals surface area contributed by atoms with Crippen molar-refractivity contribution in [3.8, 4) is 0 Å². The molecule has 0 aliphatic carbocycles. The van der Waals surface area contributed by atoms with E-state index in [1.54, 1.807) is 11.3 Å². The van der Waals surface area contributed by atoms with E-state index in [1.807, 2.05) is 18.2 Å². The lowest BCUT2D eigenvalue weighted by atomic mass is 9.93. The number of nitrogens with zero attached hydrogens (tertiary/aromatic N) is 1. The van der Waals surface area contributed by atoms with Gasteiger partial charge in [-0.1, -0.05) is 12.1 Å². The third-order valence-corrected chi connectivity index (χ3v) is 4.95. The largest absolute Gasteiger partial charge is 0.316 e. The van der Waals surface area contributed by atoms with Crippen molar-refractivity contribution < 1.29 is 4.79 Å². The summed E-state index contributed by atoms with van der Waals surface area (Å²) in [5.41, 5.74) is 1.01. The van der Waals surface area contributed by atoms with Crippen LogP contribution in [0, 0.1) is 5.92 Å². The fourth-order valence-corrected chi connectivity index (χ4v) is 3.78. The van der Waals surface area contributed by atoms with Crippen LogP contribution in [0.25, 0.3) is 10.2 Å². The lowest BCUT2D eigenvalue weighted by Gasteiger charge is -2.22. The topological polar surface area (TPSA) is 42.0 Å². The van der Waals surface area contributed by atoms with E-state index in [2.05, 4.69) is 16.4 Å². The number of nitrogens with one attached hydrogen (secondary N) is 1. The molecule has 1 aromatic carbocycles. The summed E-state index contributed by atoms with van der Waals surface area (Å²) in [7, 11) is 0. The molecule has 4 heteroatoms. The quantitative estimate of drug-likeness (QED) is 0.918. The number of Topliss-reactive ketones (excluding diaryl/α,β-unsaturated/α-hetero) is 1. The second-order valence-electron chi connectivity index (χ2n) is 5.54. The van der Waals surface area contributed by atoms with Crippen LogP contribution in [0.2, 0.25) is 0 Å². The highest BCUT2D eigenvalue weighted by Gasteiger charge is 2.15. The first-order valence-electron chi connectivity index (χ1n) is 7.38. The van der Waals surface area contributed by atoms with Crippen molar-refractivity contribution >= 4 is 27.3 Å². The van der Waals surface area contributed by atoms with Crippen molar-refractivity contribution in [1.82, 2.24) is 10.3 Å².